The Labute approximate surface area is 173 Å². The third-order valence-electron chi connectivity index (χ3n) is 5.54. The predicted molar refractivity (Wildman–Crippen MR) is 111 cm³/mol. The van der Waals surface area contributed by atoms with E-state index >= 15 is 0 Å². The summed E-state index contributed by atoms with van der Waals surface area (Å²) in [5.74, 6) is -1.88. The van der Waals surface area contributed by atoms with Crippen molar-refractivity contribution in [1.29, 1.82) is 0 Å². The molecule has 1 aliphatic rings. The number of alkyl halides is 3. The van der Waals surface area contributed by atoms with Crippen molar-refractivity contribution < 1.29 is 18.0 Å². The minimum Gasteiger partial charge on any atom is -0.340 e. The van der Waals surface area contributed by atoms with Gasteiger partial charge in [0.1, 0.15) is 0 Å². The molecule has 1 aliphatic heterocycles. The van der Waals surface area contributed by atoms with Gasteiger partial charge in [0.05, 0.1) is 6.04 Å². The van der Waals surface area contributed by atoms with E-state index < -0.39 is 18.1 Å². The van der Waals surface area contributed by atoms with E-state index in [0.29, 0.717) is 6.54 Å². The van der Waals surface area contributed by atoms with Gasteiger partial charge in [-0.3, -0.25) is 4.79 Å². The van der Waals surface area contributed by atoms with Crippen LogP contribution in [0.2, 0.25) is 0 Å². The number of benzene rings is 1. The first-order valence-electron chi connectivity index (χ1n) is 10.4. The van der Waals surface area contributed by atoms with Crippen LogP contribution >= 0.6 is 0 Å². The fourth-order valence-electron chi connectivity index (χ4n) is 3.59. The second-order valence-corrected chi connectivity index (χ2v) is 10.2. The van der Waals surface area contributed by atoms with Crippen LogP contribution in [-0.4, -0.2) is 36.6 Å². The Morgan fingerprint density at radius 3 is 1.83 bits per heavy atom. The normalized spacial score (nSPS) is 17.8. The van der Waals surface area contributed by atoms with Crippen molar-refractivity contribution in [3.63, 3.8) is 0 Å². The van der Waals surface area contributed by atoms with Crippen LogP contribution in [-0.2, 0) is 15.6 Å². The molecule has 0 radical (unpaired) electrons. The largest absolute Gasteiger partial charge is 0.471 e. The molecule has 1 atom stereocenters. The number of likely N-dealkylation sites (tertiary alicyclic amines) is 1. The maximum atomic E-state index is 13.0. The Kier molecular flexibility index (Phi) is 7.09. The van der Waals surface area contributed by atoms with Gasteiger partial charge in [-0.2, -0.15) is 13.2 Å². The lowest BCUT2D eigenvalue weighted by atomic mass is 9.79. The van der Waals surface area contributed by atoms with Crippen LogP contribution in [0.1, 0.15) is 83.5 Å². The molecule has 1 heterocycles. The molecule has 1 aromatic carbocycles. The highest BCUT2D eigenvalue weighted by molar-refractivity contribution is 5.82. The zero-order valence-corrected chi connectivity index (χ0v) is 18.5. The maximum Gasteiger partial charge on any atom is 0.471 e. The van der Waals surface area contributed by atoms with E-state index in [9.17, 15) is 18.0 Å². The van der Waals surface area contributed by atoms with Crippen LogP contribution in [0.3, 0.4) is 0 Å². The van der Waals surface area contributed by atoms with E-state index in [2.05, 4.69) is 57.8 Å². The van der Waals surface area contributed by atoms with Crippen molar-refractivity contribution in [2.24, 2.45) is 0 Å². The molecule has 164 valence electrons. The van der Waals surface area contributed by atoms with E-state index in [1.807, 2.05) is 12.1 Å². The Morgan fingerprint density at radius 1 is 0.931 bits per heavy atom. The van der Waals surface area contributed by atoms with Gasteiger partial charge in [-0.05, 0) is 53.5 Å². The summed E-state index contributed by atoms with van der Waals surface area (Å²) in [5, 5.41) is 2.27. The number of hydrogen-bond acceptors (Lipinski definition) is 2. The lowest BCUT2D eigenvalue weighted by molar-refractivity contribution is -0.174. The maximum absolute atomic E-state index is 13.0. The van der Waals surface area contributed by atoms with Gasteiger partial charge >= 0.3 is 12.1 Å². The molecule has 1 fully saturated rings. The Hall–Kier alpha value is -1.56. The van der Waals surface area contributed by atoms with E-state index in [4.69, 9.17) is 0 Å². The standard InChI is InChI=1S/C23H35F3N2O/c1-21(2,3)17-12-16(13-18(14-17)22(4,5)6)19(27-20(29)23(24,25)26)15-28-10-8-7-9-11-28/h12-14,19H,7-11,15H2,1-6H3,(H,27,29)/t19-/m0/s1. The van der Waals surface area contributed by atoms with Crippen molar-refractivity contribution in [1.82, 2.24) is 10.2 Å². The molecule has 1 N–H and O–H groups in total. The average Bonchev–Trinajstić information content (AvgIpc) is 2.59. The van der Waals surface area contributed by atoms with Crippen molar-refractivity contribution in [3.05, 3.63) is 34.9 Å². The molecule has 0 aromatic heterocycles. The zero-order valence-electron chi connectivity index (χ0n) is 18.5. The zero-order chi connectivity index (χ0) is 22.0. The second kappa shape index (κ2) is 8.66. The first-order valence-corrected chi connectivity index (χ1v) is 10.4. The second-order valence-electron chi connectivity index (χ2n) is 10.2. The number of nitrogens with one attached hydrogen (secondary N) is 1. The molecule has 1 amide bonds. The number of carbonyl (C=O) groups excluding carboxylic acids is 1. The number of hydrogen-bond donors (Lipinski definition) is 1. The first kappa shape index (κ1) is 23.7. The highest BCUT2D eigenvalue weighted by Gasteiger charge is 2.40. The lowest BCUT2D eigenvalue weighted by Crippen LogP contribution is -2.44. The van der Waals surface area contributed by atoms with Crippen LogP contribution in [0.4, 0.5) is 13.2 Å². The quantitative estimate of drug-likeness (QED) is 0.709. The monoisotopic (exact) mass is 412 g/mol. The van der Waals surface area contributed by atoms with Gasteiger partial charge in [0.2, 0.25) is 0 Å². The number of amides is 1. The summed E-state index contributed by atoms with van der Waals surface area (Å²) in [4.78, 5) is 14.0. The van der Waals surface area contributed by atoms with E-state index in [1.54, 1.807) is 0 Å². The number of nitrogens with zero attached hydrogens (tertiary/aromatic N) is 1. The molecule has 29 heavy (non-hydrogen) atoms. The molecule has 0 aliphatic carbocycles. The smallest absolute Gasteiger partial charge is 0.340 e. The molecule has 0 unspecified atom stereocenters. The summed E-state index contributed by atoms with van der Waals surface area (Å²) in [6.07, 6.45) is -1.68. The van der Waals surface area contributed by atoms with Gasteiger partial charge in [-0.25, -0.2) is 0 Å². The van der Waals surface area contributed by atoms with Gasteiger partial charge < -0.3 is 10.2 Å². The van der Waals surface area contributed by atoms with E-state index in [-0.39, 0.29) is 10.8 Å². The molecule has 1 saturated heterocycles. The van der Waals surface area contributed by atoms with Crippen molar-refractivity contribution in [2.45, 2.75) is 83.9 Å². The number of piperidine rings is 1. The summed E-state index contributed by atoms with van der Waals surface area (Å²) < 4.78 is 39.0. The minimum absolute atomic E-state index is 0.153. The predicted octanol–water partition coefficient (Wildman–Crippen LogP) is 5.49. The first-order chi connectivity index (χ1) is 13.2. The minimum atomic E-state index is -4.89. The summed E-state index contributed by atoms with van der Waals surface area (Å²) >= 11 is 0. The summed E-state index contributed by atoms with van der Waals surface area (Å²) in [5.41, 5.74) is 2.56. The molecule has 0 saturated carbocycles. The van der Waals surface area contributed by atoms with Crippen molar-refractivity contribution >= 4 is 5.91 Å². The van der Waals surface area contributed by atoms with Crippen LogP contribution in [0.15, 0.2) is 18.2 Å². The molecule has 6 heteroatoms. The van der Waals surface area contributed by atoms with Crippen LogP contribution in [0.25, 0.3) is 0 Å². The third kappa shape index (κ3) is 6.73. The van der Waals surface area contributed by atoms with Crippen LogP contribution < -0.4 is 5.32 Å². The summed E-state index contributed by atoms with van der Waals surface area (Å²) in [6.45, 7) is 14.6. The van der Waals surface area contributed by atoms with Gasteiger partial charge in [-0.1, -0.05) is 66.2 Å². The SMILES string of the molecule is CC(C)(C)c1cc([C@H](CN2CCCCC2)NC(=O)C(F)(F)F)cc(C(C)(C)C)c1. The fourth-order valence-corrected chi connectivity index (χ4v) is 3.59. The Bertz CT molecular complexity index is 676. The van der Waals surface area contributed by atoms with E-state index in [0.717, 1.165) is 49.0 Å². The molecule has 0 spiro atoms. The van der Waals surface area contributed by atoms with Gasteiger partial charge in [-0.15, -0.1) is 0 Å². The third-order valence-corrected chi connectivity index (χ3v) is 5.54. The highest BCUT2D eigenvalue weighted by Crippen LogP contribution is 2.33. The van der Waals surface area contributed by atoms with Crippen molar-refractivity contribution in [3.8, 4) is 0 Å². The molecule has 1 aromatic rings. The molecule has 0 bridgehead atoms. The number of carbonyl (C=O) groups is 1. The Morgan fingerprint density at radius 2 is 1.41 bits per heavy atom. The molecule has 3 nitrogen and oxygen atoms in total. The number of rotatable bonds is 4. The summed E-state index contributed by atoms with van der Waals surface area (Å²) in [7, 11) is 0. The number of halogens is 3. The van der Waals surface area contributed by atoms with E-state index in [1.165, 1.54) is 0 Å². The topological polar surface area (TPSA) is 32.3 Å². The average molecular weight is 413 g/mol. The highest BCUT2D eigenvalue weighted by atomic mass is 19.4. The molecular formula is C23H35F3N2O. The molecular weight excluding hydrogens is 377 g/mol. The lowest BCUT2D eigenvalue weighted by Gasteiger charge is -2.33. The Balaban J connectivity index is 2.47. The molecule has 2 rings (SSSR count). The van der Waals surface area contributed by atoms with Crippen LogP contribution in [0.5, 0.6) is 0 Å². The summed E-state index contributed by atoms with van der Waals surface area (Å²) in [6, 6.07) is 5.35. The van der Waals surface area contributed by atoms with Gasteiger partial charge in [0, 0.05) is 6.54 Å². The fraction of sp³-hybridized carbons (Fsp3) is 0.696. The van der Waals surface area contributed by atoms with Crippen molar-refractivity contribution in [2.75, 3.05) is 19.6 Å². The van der Waals surface area contributed by atoms with Crippen LogP contribution in [0, 0.1) is 0 Å². The van der Waals surface area contributed by atoms with Gasteiger partial charge in [0.25, 0.3) is 0 Å². The van der Waals surface area contributed by atoms with Gasteiger partial charge in [0.15, 0.2) is 0 Å².